The number of benzene rings is 2. The number of fused-ring (bicyclic) bond motifs is 1. The Labute approximate surface area is 124 Å². The van der Waals surface area contributed by atoms with Gasteiger partial charge in [0, 0.05) is 12.1 Å². The highest BCUT2D eigenvalue weighted by Gasteiger charge is 2.10. The molecule has 0 atom stereocenters. The van der Waals surface area contributed by atoms with Gasteiger partial charge in [-0.15, -0.1) is 0 Å². The van der Waals surface area contributed by atoms with Gasteiger partial charge in [0.2, 0.25) is 11.2 Å². The van der Waals surface area contributed by atoms with Crippen molar-refractivity contribution < 1.29 is 9.66 Å². The van der Waals surface area contributed by atoms with Gasteiger partial charge in [0.25, 0.3) is 5.69 Å². The Bertz CT molecular complexity index is 821. The predicted octanol–water partition coefficient (Wildman–Crippen LogP) is 3.98. The average molecular weight is 302 g/mol. The Morgan fingerprint density at radius 3 is 2.48 bits per heavy atom. The summed E-state index contributed by atoms with van der Waals surface area (Å²) in [6, 6.07) is 13.0. The topological polar surface area (TPSA) is 78.2 Å². The Kier molecular flexibility index (Phi) is 3.37. The Morgan fingerprint density at radius 2 is 1.76 bits per heavy atom. The molecule has 21 heavy (non-hydrogen) atoms. The van der Waals surface area contributed by atoms with Crippen molar-refractivity contribution in [3.05, 3.63) is 63.9 Å². The van der Waals surface area contributed by atoms with E-state index < -0.39 is 4.92 Å². The van der Waals surface area contributed by atoms with E-state index in [-0.39, 0.29) is 11.0 Å². The van der Waals surface area contributed by atoms with Gasteiger partial charge in [0.1, 0.15) is 5.75 Å². The van der Waals surface area contributed by atoms with Gasteiger partial charge in [0.15, 0.2) is 0 Å². The van der Waals surface area contributed by atoms with E-state index in [2.05, 4.69) is 9.97 Å². The van der Waals surface area contributed by atoms with Crippen LogP contribution in [0, 0.1) is 10.1 Å². The lowest BCUT2D eigenvalue weighted by atomic mass is 10.2. The van der Waals surface area contributed by atoms with Gasteiger partial charge < -0.3 is 4.74 Å². The smallest absolute Gasteiger partial charge is 0.269 e. The molecule has 0 spiro atoms. The zero-order valence-corrected chi connectivity index (χ0v) is 11.3. The molecule has 1 aromatic heterocycles. The number of hydrogen-bond donors (Lipinski definition) is 0. The molecule has 3 rings (SSSR count). The van der Waals surface area contributed by atoms with Gasteiger partial charge in [-0.2, -0.15) is 4.98 Å². The number of nitro benzene ring substituents is 1. The summed E-state index contributed by atoms with van der Waals surface area (Å²) in [7, 11) is 0. The van der Waals surface area contributed by atoms with Crippen LogP contribution in [-0.4, -0.2) is 14.9 Å². The van der Waals surface area contributed by atoms with E-state index in [1.165, 1.54) is 24.3 Å². The first-order valence-electron chi connectivity index (χ1n) is 5.98. The third-order valence-corrected chi connectivity index (χ3v) is 2.97. The minimum absolute atomic E-state index is 0.00655. The van der Waals surface area contributed by atoms with Gasteiger partial charge in [-0.05, 0) is 35.9 Å². The van der Waals surface area contributed by atoms with Crippen molar-refractivity contribution in [3.63, 3.8) is 0 Å². The minimum atomic E-state index is -0.471. The predicted molar refractivity (Wildman–Crippen MR) is 77.7 cm³/mol. The van der Waals surface area contributed by atoms with Crippen LogP contribution in [-0.2, 0) is 0 Å². The maximum atomic E-state index is 10.6. The number of nitro groups is 1. The molecular formula is C14H8ClN3O3. The van der Waals surface area contributed by atoms with Crippen LogP contribution in [0.15, 0.2) is 48.5 Å². The first-order valence-corrected chi connectivity index (χ1v) is 6.36. The van der Waals surface area contributed by atoms with E-state index in [9.17, 15) is 10.1 Å². The normalized spacial score (nSPS) is 10.5. The molecule has 3 aromatic rings. The number of ether oxygens (including phenoxy) is 1. The van der Waals surface area contributed by atoms with Crippen molar-refractivity contribution in [2.45, 2.75) is 0 Å². The SMILES string of the molecule is O=[N+]([O-])c1ccc(Oc2nc(Cl)nc3ccccc23)cc1. The highest BCUT2D eigenvalue weighted by molar-refractivity contribution is 6.28. The summed E-state index contributed by atoms with van der Waals surface area (Å²) in [4.78, 5) is 18.3. The van der Waals surface area contributed by atoms with Gasteiger partial charge >= 0.3 is 0 Å². The van der Waals surface area contributed by atoms with Crippen LogP contribution in [0.5, 0.6) is 11.6 Å². The van der Waals surface area contributed by atoms with Crippen LogP contribution in [0.4, 0.5) is 5.69 Å². The molecule has 0 fully saturated rings. The molecule has 0 saturated carbocycles. The summed E-state index contributed by atoms with van der Waals surface area (Å²) in [6.45, 7) is 0. The number of rotatable bonds is 3. The van der Waals surface area contributed by atoms with Crippen molar-refractivity contribution >= 4 is 28.2 Å². The molecule has 104 valence electrons. The molecule has 1 heterocycles. The first kappa shape index (κ1) is 13.3. The lowest BCUT2D eigenvalue weighted by Gasteiger charge is -2.07. The molecule has 7 heteroatoms. The number of non-ortho nitro benzene ring substituents is 1. The maximum absolute atomic E-state index is 10.6. The van der Waals surface area contributed by atoms with Crippen LogP contribution in [0.1, 0.15) is 0 Å². The molecular weight excluding hydrogens is 294 g/mol. The highest BCUT2D eigenvalue weighted by Crippen LogP contribution is 2.29. The molecule has 0 N–H and O–H groups in total. The number of para-hydroxylation sites is 1. The van der Waals surface area contributed by atoms with Gasteiger partial charge in [-0.1, -0.05) is 12.1 Å². The van der Waals surface area contributed by atoms with Gasteiger partial charge in [0.05, 0.1) is 15.8 Å². The molecule has 2 aromatic carbocycles. The van der Waals surface area contributed by atoms with E-state index in [1.807, 2.05) is 18.2 Å². The molecule has 0 bridgehead atoms. The van der Waals surface area contributed by atoms with Crippen LogP contribution in [0.25, 0.3) is 10.9 Å². The molecule has 0 aliphatic carbocycles. The summed E-state index contributed by atoms with van der Waals surface area (Å²) < 4.78 is 5.65. The van der Waals surface area contributed by atoms with E-state index in [0.717, 1.165) is 0 Å². The second-order valence-corrected chi connectivity index (χ2v) is 4.51. The largest absolute Gasteiger partial charge is 0.438 e. The summed E-state index contributed by atoms with van der Waals surface area (Å²) in [5.41, 5.74) is 0.655. The van der Waals surface area contributed by atoms with E-state index in [4.69, 9.17) is 16.3 Å². The van der Waals surface area contributed by atoms with E-state index >= 15 is 0 Å². The highest BCUT2D eigenvalue weighted by atomic mass is 35.5. The van der Waals surface area contributed by atoms with Crippen molar-refractivity contribution in [1.82, 2.24) is 9.97 Å². The molecule has 0 radical (unpaired) electrons. The Balaban J connectivity index is 1.99. The summed E-state index contributed by atoms with van der Waals surface area (Å²) >= 11 is 5.87. The molecule has 0 unspecified atom stereocenters. The second kappa shape index (κ2) is 5.34. The molecule has 0 aliphatic rings. The van der Waals surface area contributed by atoms with Crippen molar-refractivity contribution in [2.24, 2.45) is 0 Å². The molecule has 0 amide bonds. The summed E-state index contributed by atoms with van der Waals surface area (Å²) in [6.07, 6.45) is 0. The fourth-order valence-electron chi connectivity index (χ4n) is 1.85. The lowest BCUT2D eigenvalue weighted by molar-refractivity contribution is -0.384. The number of aromatic nitrogens is 2. The number of nitrogens with zero attached hydrogens (tertiary/aromatic N) is 3. The molecule has 0 aliphatic heterocycles. The first-order chi connectivity index (χ1) is 10.1. The quantitative estimate of drug-likeness (QED) is 0.415. The van der Waals surface area contributed by atoms with Crippen molar-refractivity contribution in [3.8, 4) is 11.6 Å². The van der Waals surface area contributed by atoms with Crippen LogP contribution in [0.2, 0.25) is 5.28 Å². The molecule has 0 saturated heterocycles. The standard InChI is InChI=1S/C14H8ClN3O3/c15-14-16-12-4-2-1-3-11(12)13(17-14)21-10-7-5-9(6-8-10)18(19)20/h1-8H. The zero-order chi connectivity index (χ0) is 14.8. The van der Waals surface area contributed by atoms with E-state index in [1.54, 1.807) is 6.07 Å². The van der Waals surface area contributed by atoms with E-state index in [0.29, 0.717) is 22.5 Å². The fourth-order valence-corrected chi connectivity index (χ4v) is 2.01. The van der Waals surface area contributed by atoms with Crippen LogP contribution >= 0.6 is 11.6 Å². The van der Waals surface area contributed by atoms with Gasteiger partial charge in [-0.3, -0.25) is 10.1 Å². The Hall–Kier alpha value is -2.73. The Morgan fingerprint density at radius 1 is 1.05 bits per heavy atom. The number of halogens is 1. The van der Waals surface area contributed by atoms with Gasteiger partial charge in [-0.25, -0.2) is 4.98 Å². The van der Waals surface area contributed by atoms with Crippen molar-refractivity contribution in [2.75, 3.05) is 0 Å². The van der Waals surface area contributed by atoms with Crippen LogP contribution in [0.3, 0.4) is 0 Å². The monoisotopic (exact) mass is 301 g/mol. The maximum Gasteiger partial charge on any atom is 0.269 e. The summed E-state index contributed by atoms with van der Waals surface area (Å²) in [5, 5.41) is 11.4. The number of hydrogen-bond acceptors (Lipinski definition) is 5. The third kappa shape index (κ3) is 2.75. The fraction of sp³-hybridized carbons (Fsp3) is 0. The lowest BCUT2D eigenvalue weighted by Crippen LogP contribution is -1.93. The average Bonchev–Trinajstić information content (AvgIpc) is 2.47. The summed E-state index contributed by atoms with van der Waals surface area (Å²) in [5.74, 6) is 0.736. The van der Waals surface area contributed by atoms with Crippen LogP contribution < -0.4 is 4.74 Å². The van der Waals surface area contributed by atoms with Crippen molar-refractivity contribution in [1.29, 1.82) is 0 Å². The second-order valence-electron chi connectivity index (χ2n) is 4.17. The molecule has 6 nitrogen and oxygen atoms in total. The zero-order valence-electron chi connectivity index (χ0n) is 10.6. The third-order valence-electron chi connectivity index (χ3n) is 2.80. The minimum Gasteiger partial charge on any atom is -0.438 e.